The van der Waals surface area contributed by atoms with Crippen LogP contribution in [-0.2, 0) is 26.1 Å². The summed E-state index contributed by atoms with van der Waals surface area (Å²) in [7, 11) is 0. The standard InChI is InChI=1S/C17H27N5O/c1-4-21-13(3)14(12(2)20-21)10-18-16-6-5-7-17-15(16)11-19-22(17)8-9-23/h11,16,18,23H,4-10H2,1-3H3/t16-/m1/s1. The number of hydrogen-bond donors (Lipinski definition) is 2. The summed E-state index contributed by atoms with van der Waals surface area (Å²) in [6, 6.07) is 0.343. The first-order valence-electron chi connectivity index (χ1n) is 8.57. The van der Waals surface area contributed by atoms with E-state index in [1.807, 2.05) is 10.9 Å². The van der Waals surface area contributed by atoms with Crippen molar-refractivity contribution >= 4 is 0 Å². The molecule has 126 valence electrons. The highest BCUT2D eigenvalue weighted by atomic mass is 16.3. The molecule has 2 N–H and O–H groups in total. The summed E-state index contributed by atoms with van der Waals surface area (Å²) in [6.07, 6.45) is 5.32. The number of fused-ring (bicyclic) bond motifs is 1. The molecule has 2 aromatic rings. The lowest BCUT2D eigenvalue weighted by atomic mass is 9.92. The minimum Gasteiger partial charge on any atom is -0.394 e. The number of rotatable bonds is 6. The monoisotopic (exact) mass is 317 g/mol. The van der Waals surface area contributed by atoms with E-state index in [0.717, 1.165) is 38.0 Å². The van der Waals surface area contributed by atoms with E-state index in [2.05, 4.69) is 41.0 Å². The summed E-state index contributed by atoms with van der Waals surface area (Å²) in [6.45, 7) is 8.83. The predicted octanol–water partition coefficient (Wildman–Crippen LogP) is 1.88. The van der Waals surface area contributed by atoms with Crippen LogP contribution in [0.15, 0.2) is 6.20 Å². The topological polar surface area (TPSA) is 67.9 Å². The average Bonchev–Trinajstić information content (AvgIpc) is 3.08. The summed E-state index contributed by atoms with van der Waals surface area (Å²) in [4.78, 5) is 0. The van der Waals surface area contributed by atoms with Crippen LogP contribution in [0.2, 0.25) is 0 Å². The van der Waals surface area contributed by atoms with Gasteiger partial charge in [-0.2, -0.15) is 10.2 Å². The summed E-state index contributed by atoms with van der Waals surface area (Å²) in [5, 5.41) is 21.9. The van der Waals surface area contributed by atoms with Crippen LogP contribution >= 0.6 is 0 Å². The maximum atomic E-state index is 9.16. The number of nitrogens with zero attached hydrogens (tertiary/aromatic N) is 4. The van der Waals surface area contributed by atoms with E-state index in [4.69, 9.17) is 5.11 Å². The van der Waals surface area contributed by atoms with Crippen molar-refractivity contribution in [3.63, 3.8) is 0 Å². The maximum Gasteiger partial charge on any atom is 0.0644 e. The Morgan fingerprint density at radius 1 is 1.35 bits per heavy atom. The number of hydrogen-bond acceptors (Lipinski definition) is 4. The molecule has 3 rings (SSSR count). The maximum absolute atomic E-state index is 9.16. The second-order valence-corrected chi connectivity index (χ2v) is 6.28. The molecule has 0 aromatic carbocycles. The summed E-state index contributed by atoms with van der Waals surface area (Å²) in [5.74, 6) is 0. The lowest BCUT2D eigenvalue weighted by molar-refractivity contribution is 0.266. The molecule has 6 nitrogen and oxygen atoms in total. The quantitative estimate of drug-likeness (QED) is 0.853. The number of aliphatic hydroxyl groups excluding tert-OH is 1. The third-order valence-corrected chi connectivity index (χ3v) is 4.93. The Balaban J connectivity index is 1.74. The highest BCUT2D eigenvalue weighted by molar-refractivity contribution is 5.27. The summed E-state index contributed by atoms with van der Waals surface area (Å²) in [5.41, 5.74) is 6.25. The van der Waals surface area contributed by atoms with Crippen LogP contribution in [0.25, 0.3) is 0 Å². The Morgan fingerprint density at radius 3 is 2.87 bits per heavy atom. The van der Waals surface area contributed by atoms with Gasteiger partial charge in [0.25, 0.3) is 0 Å². The molecule has 0 spiro atoms. The van der Waals surface area contributed by atoms with Gasteiger partial charge < -0.3 is 10.4 Å². The lowest BCUT2D eigenvalue weighted by Crippen LogP contribution is -2.25. The Kier molecular flexibility index (Phi) is 4.82. The summed E-state index contributed by atoms with van der Waals surface area (Å²) >= 11 is 0. The van der Waals surface area contributed by atoms with Crippen LogP contribution in [0.5, 0.6) is 0 Å². The molecule has 0 aliphatic heterocycles. The van der Waals surface area contributed by atoms with Crippen molar-refractivity contribution in [2.45, 2.75) is 65.7 Å². The molecule has 0 radical (unpaired) electrons. The van der Waals surface area contributed by atoms with Crippen LogP contribution in [0.1, 0.15) is 54.0 Å². The van der Waals surface area contributed by atoms with Crippen LogP contribution < -0.4 is 5.32 Å². The second-order valence-electron chi connectivity index (χ2n) is 6.28. The number of aryl methyl sites for hydroxylation is 2. The Bertz CT molecular complexity index is 673. The van der Waals surface area contributed by atoms with Gasteiger partial charge in [0.2, 0.25) is 0 Å². The normalized spacial score (nSPS) is 17.5. The lowest BCUT2D eigenvalue weighted by Gasteiger charge is -2.24. The van der Waals surface area contributed by atoms with Crippen molar-refractivity contribution in [3.8, 4) is 0 Å². The van der Waals surface area contributed by atoms with E-state index < -0.39 is 0 Å². The van der Waals surface area contributed by atoms with Crippen molar-refractivity contribution in [1.82, 2.24) is 24.9 Å². The van der Waals surface area contributed by atoms with E-state index in [0.29, 0.717) is 12.6 Å². The second kappa shape index (κ2) is 6.84. The molecule has 2 heterocycles. The molecule has 2 aromatic heterocycles. The van der Waals surface area contributed by atoms with Gasteiger partial charge in [0, 0.05) is 41.6 Å². The Hall–Kier alpha value is -1.66. The van der Waals surface area contributed by atoms with Crippen molar-refractivity contribution in [2.75, 3.05) is 6.61 Å². The van der Waals surface area contributed by atoms with Gasteiger partial charge in [0.15, 0.2) is 0 Å². The molecule has 1 atom stereocenters. The van der Waals surface area contributed by atoms with Crippen molar-refractivity contribution < 1.29 is 5.11 Å². The Morgan fingerprint density at radius 2 is 2.17 bits per heavy atom. The third-order valence-electron chi connectivity index (χ3n) is 4.93. The highest BCUT2D eigenvalue weighted by Gasteiger charge is 2.24. The van der Waals surface area contributed by atoms with Gasteiger partial charge in [-0.25, -0.2) is 0 Å². The van der Waals surface area contributed by atoms with E-state index in [1.54, 1.807) is 0 Å². The zero-order valence-corrected chi connectivity index (χ0v) is 14.3. The van der Waals surface area contributed by atoms with E-state index in [-0.39, 0.29) is 6.61 Å². The first-order valence-corrected chi connectivity index (χ1v) is 8.57. The molecule has 1 aliphatic carbocycles. The van der Waals surface area contributed by atoms with Crippen molar-refractivity contribution in [1.29, 1.82) is 0 Å². The largest absolute Gasteiger partial charge is 0.394 e. The number of aliphatic hydroxyl groups is 1. The van der Waals surface area contributed by atoms with E-state index in [1.165, 1.54) is 22.5 Å². The molecular weight excluding hydrogens is 290 g/mol. The number of aromatic nitrogens is 4. The first kappa shape index (κ1) is 16.2. The minimum absolute atomic E-state index is 0.140. The number of nitrogens with one attached hydrogen (secondary N) is 1. The zero-order valence-electron chi connectivity index (χ0n) is 14.3. The molecule has 0 fully saturated rings. The minimum atomic E-state index is 0.140. The van der Waals surface area contributed by atoms with Gasteiger partial charge >= 0.3 is 0 Å². The molecule has 0 bridgehead atoms. The SMILES string of the molecule is CCn1nc(C)c(CN[C@@H]2CCCc3c2cnn3CCO)c1C. The Labute approximate surface area is 137 Å². The van der Waals surface area contributed by atoms with Crippen LogP contribution in [0.4, 0.5) is 0 Å². The molecule has 0 saturated heterocycles. The van der Waals surface area contributed by atoms with Crippen molar-refractivity contribution in [3.05, 3.63) is 34.4 Å². The van der Waals surface area contributed by atoms with Gasteiger partial charge in [0.05, 0.1) is 25.0 Å². The van der Waals surface area contributed by atoms with Gasteiger partial charge in [-0.3, -0.25) is 9.36 Å². The van der Waals surface area contributed by atoms with E-state index in [9.17, 15) is 0 Å². The van der Waals surface area contributed by atoms with Gasteiger partial charge in [-0.05, 0) is 40.0 Å². The molecule has 6 heteroatoms. The highest BCUT2D eigenvalue weighted by Crippen LogP contribution is 2.30. The fraction of sp³-hybridized carbons (Fsp3) is 0.647. The van der Waals surface area contributed by atoms with E-state index >= 15 is 0 Å². The molecule has 1 aliphatic rings. The molecule has 0 amide bonds. The molecular formula is C17H27N5O. The van der Waals surface area contributed by atoms with Crippen LogP contribution in [0, 0.1) is 13.8 Å². The van der Waals surface area contributed by atoms with Gasteiger partial charge in [-0.1, -0.05) is 0 Å². The average molecular weight is 317 g/mol. The van der Waals surface area contributed by atoms with Crippen LogP contribution in [0.3, 0.4) is 0 Å². The van der Waals surface area contributed by atoms with Crippen molar-refractivity contribution in [2.24, 2.45) is 0 Å². The molecule has 0 saturated carbocycles. The molecule has 23 heavy (non-hydrogen) atoms. The summed E-state index contributed by atoms with van der Waals surface area (Å²) < 4.78 is 4.02. The smallest absolute Gasteiger partial charge is 0.0644 e. The first-order chi connectivity index (χ1) is 11.2. The predicted molar refractivity (Wildman–Crippen MR) is 89.2 cm³/mol. The fourth-order valence-corrected chi connectivity index (χ4v) is 3.64. The third kappa shape index (κ3) is 3.05. The van der Waals surface area contributed by atoms with Crippen LogP contribution in [-0.4, -0.2) is 31.3 Å². The molecule has 0 unspecified atom stereocenters. The zero-order chi connectivity index (χ0) is 16.4. The fourth-order valence-electron chi connectivity index (χ4n) is 3.64. The van der Waals surface area contributed by atoms with Gasteiger partial charge in [0.1, 0.15) is 0 Å². The van der Waals surface area contributed by atoms with Gasteiger partial charge in [-0.15, -0.1) is 0 Å².